The van der Waals surface area contributed by atoms with Gasteiger partial charge in [0.1, 0.15) is 11.6 Å². The molecule has 1 aromatic rings. The Labute approximate surface area is 101 Å². The second kappa shape index (κ2) is 5.58. The first kappa shape index (κ1) is 12.5. The molecule has 1 nitrogen and oxygen atoms in total. The van der Waals surface area contributed by atoms with E-state index in [1.54, 1.807) is 6.07 Å². The molecule has 0 heterocycles. The van der Waals surface area contributed by atoms with Crippen LogP contribution in [-0.2, 0) is 6.42 Å². The Morgan fingerprint density at radius 3 is 2.65 bits per heavy atom. The lowest BCUT2D eigenvalue weighted by molar-refractivity contribution is 0.228. The second-order valence-electron chi connectivity index (χ2n) is 4.80. The van der Waals surface area contributed by atoms with Crippen molar-refractivity contribution in [1.29, 1.82) is 0 Å². The number of benzene rings is 1. The van der Waals surface area contributed by atoms with Crippen molar-refractivity contribution in [2.24, 2.45) is 5.92 Å². The van der Waals surface area contributed by atoms with Gasteiger partial charge in [0, 0.05) is 12.1 Å². The first-order valence-corrected chi connectivity index (χ1v) is 6.38. The lowest BCUT2D eigenvalue weighted by Gasteiger charge is -2.34. The van der Waals surface area contributed by atoms with Crippen molar-refractivity contribution in [1.82, 2.24) is 5.32 Å². The molecule has 17 heavy (non-hydrogen) atoms. The quantitative estimate of drug-likeness (QED) is 0.831. The predicted octanol–water partition coefficient (Wildman–Crippen LogP) is 3.29. The topological polar surface area (TPSA) is 12.0 Å². The van der Waals surface area contributed by atoms with E-state index in [2.05, 4.69) is 12.2 Å². The lowest BCUT2D eigenvalue weighted by atomic mass is 9.77. The average Bonchev–Trinajstić information content (AvgIpc) is 2.20. The summed E-state index contributed by atoms with van der Waals surface area (Å²) in [5, 5.41) is 3.41. The summed E-state index contributed by atoms with van der Waals surface area (Å²) in [4.78, 5) is 0. The number of halogens is 2. The summed E-state index contributed by atoms with van der Waals surface area (Å²) in [5.41, 5.74) is 0.615. The first-order chi connectivity index (χ1) is 8.20. The highest BCUT2D eigenvalue weighted by Crippen LogP contribution is 2.31. The molecule has 0 aliphatic heterocycles. The molecule has 1 atom stereocenters. The molecule has 1 aliphatic carbocycles. The molecule has 1 aliphatic rings. The van der Waals surface area contributed by atoms with Gasteiger partial charge < -0.3 is 5.32 Å². The zero-order valence-electron chi connectivity index (χ0n) is 10.2. The van der Waals surface area contributed by atoms with Crippen LogP contribution in [0.2, 0.25) is 0 Å². The van der Waals surface area contributed by atoms with Crippen molar-refractivity contribution in [2.45, 2.75) is 38.6 Å². The van der Waals surface area contributed by atoms with E-state index in [1.807, 2.05) is 0 Å². The van der Waals surface area contributed by atoms with Gasteiger partial charge in [-0.25, -0.2) is 8.78 Å². The van der Waals surface area contributed by atoms with Gasteiger partial charge in [-0.15, -0.1) is 0 Å². The lowest BCUT2D eigenvalue weighted by Crippen LogP contribution is -2.41. The summed E-state index contributed by atoms with van der Waals surface area (Å²) in [6.45, 7) is 2.96. The number of hydrogen-bond acceptors (Lipinski definition) is 1. The van der Waals surface area contributed by atoms with E-state index in [-0.39, 0.29) is 0 Å². The molecule has 1 N–H and O–H groups in total. The molecule has 0 amide bonds. The maximum atomic E-state index is 13.6. The Bertz CT molecular complexity index is 374. The fourth-order valence-electron chi connectivity index (χ4n) is 2.43. The van der Waals surface area contributed by atoms with Crippen LogP contribution in [0.4, 0.5) is 8.78 Å². The van der Waals surface area contributed by atoms with Gasteiger partial charge in [0.15, 0.2) is 0 Å². The van der Waals surface area contributed by atoms with Crippen LogP contribution >= 0.6 is 0 Å². The van der Waals surface area contributed by atoms with Gasteiger partial charge in [-0.3, -0.25) is 0 Å². The molecule has 1 fully saturated rings. The maximum absolute atomic E-state index is 13.6. The van der Waals surface area contributed by atoms with Crippen LogP contribution in [0.5, 0.6) is 0 Å². The Hall–Kier alpha value is -0.960. The fourth-order valence-corrected chi connectivity index (χ4v) is 2.43. The molecular weight excluding hydrogens is 220 g/mol. The summed E-state index contributed by atoms with van der Waals surface area (Å²) < 4.78 is 26.4. The van der Waals surface area contributed by atoms with E-state index >= 15 is 0 Å². The number of rotatable bonds is 5. The number of nitrogens with one attached hydrogen (secondary N) is 1. The fraction of sp³-hybridized carbons (Fsp3) is 0.571. The van der Waals surface area contributed by atoms with Crippen LogP contribution in [-0.4, -0.2) is 12.6 Å². The Balaban J connectivity index is 2.05. The van der Waals surface area contributed by atoms with Gasteiger partial charge in [0.2, 0.25) is 0 Å². The Kier molecular flexibility index (Phi) is 4.11. The van der Waals surface area contributed by atoms with E-state index in [1.165, 1.54) is 25.3 Å². The van der Waals surface area contributed by atoms with Gasteiger partial charge in [-0.1, -0.05) is 19.4 Å². The van der Waals surface area contributed by atoms with E-state index in [0.717, 1.165) is 12.6 Å². The largest absolute Gasteiger partial charge is 0.314 e. The van der Waals surface area contributed by atoms with Crippen molar-refractivity contribution in [3.8, 4) is 0 Å². The van der Waals surface area contributed by atoms with E-state index < -0.39 is 11.6 Å². The monoisotopic (exact) mass is 239 g/mol. The molecule has 0 spiro atoms. The summed E-state index contributed by atoms with van der Waals surface area (Å²) in [5.74, 6) is -0.276. The zero-order chi connectivity index (χ0) is 12.3. The van der Waals surface area contributed by atoms with Gasteiger partial charge >= 0.3 is 0 Å². The molecule has 2 rings (SSSR count). The highest BCUT2D eigenvalue weighted by Gasteiger charge is 2.27. The summed E-state index contributed by atoms with van der Waals surface area (Å²) in [6, 6.07) is 4.20. The van der Waals surface area contributed by atoms with Gasteiger partial charge in [-0.05, 0) is 43.4 Å². The van der Waals surface area contributed by atoms with Gasteiger partial charge in [0.25, 0.3) is 0 Å². The van der Waals surface area contributed by atoms with Crippen LogP contribution in [0.15, 0.2) is 18.2 Å². The van der Waals surface area contributed by atoms with Crippen LogP contribution in [0.25, 0.3) is 0 Å². The second-order valence-corrected chi connectivity index (χ2v) is 4.80. The van der Waals surface area contributed by atoms with Crippen LogP contribution in [0.1, 0.15) is 31.7 Å². The van der Waals surface area contributed by atoms with E-state index in [4.69, 9.17) is 0 Å². The molecule has 1 saturated carbocycles. The summed E-state index contributed by atoms with van der Waals surface area (Å²) in [7, 11) is 0. The van der Waals surface area contributed by atoms with Gasteiger partial charge in [0.05, 0.1) is 0 Å². The highest BCUT2D eigenvalue weighted by molar-refractivity contribution is 5.20. The van der Waals surface area contributed by atoms with Gasteiger partial charge in [-0.2, -0.15) is 0 Å². The zero-order valence-corrected chi connectivity index (χ0v) is 10.2. The van der Waals surface area contributed by atoms with Crippen LogP contribution in [0.3, 0.4) is 0 Å². The van der Waals surface area contributed by atoms with Crippen molar-refractivity contribution in [3.63, 3.8) is 0 Å². The Morgan fingerprint density at radius 2 is 2.12 bits per heavy atom. The minimum atomic E-state index is -0.505. The van der Waals surface area contributed by atoms with Crippen LogP contribution < -0.4 is 5.32 Å². The molecule has 0 aromatic heterocycles. The Morgan fingerprint density at radius 1 is 1.35 bits per heavy atom. The molecule has 0 radical (unpaired) electrons. The van der Waals surface area contributed by atoms with Crippen molar-refractivity contribution < 1.29 is 8.78 Å². The smallest absolute Gasteiger partial charge is 0.129 e. The third-order valence-electron chi connectivity index (χ3n) is 3.64. The van der Waals surface area contributed by atoms with E-state index in [9.17, 15) is 8.78 Å². The molecule has 1 aromatic carbocycles. The molecule has 1 unspecified atom stereocenters. The van der Waals surface area contributed by atoms with Crippen LogP contribution in [0, 0.1) is 17.6 Å². The maximum Gasteiger partial charge on any atom is 0.129 e. The van der Waals surface area contributed by atoms with Crippen molar-refractivity contribution in [3.05, 3.63) is 35.4 Å². The minimum Gasteiger partial charge on any atom is -0.314 e. The van der Waals surface area contributed by atoms with Crippen molar-refractivity contribution in [2.75, 3.05) is 6.54 Å². The van der Waals surface area contributed by atoms with Crippen molar-refractivity contribution >= 4 is 0 Å². The first-order valence-electron chi connectivity index (χ1n) is 6.38. The normalized spacial score (nSPS) is 17.8. The average molecular weight is 239 g/mol. The molecule has 0 bridgehead atoms. The molecule has 94 valence electrons. The standard InChI is InChI=1S/C14H19F2N/c1-2-17-14(10-4-3-5-10)8-11-6-7-12(15)9-13(11)16/h6-7,9-10,14,17H,2-5,8H2,1H3. The molecule has 0 saturated heterocycles. The molecule has 3 heteroatoms. The third-order valence-corrected chi connectivity index (χ3v) is 3.64. The SMILES string of the molecule is CCNC(Cc1ccc(F)cc1F)C1CCC1. The predicted molar refractivity (Wildman–Crippen MR) is 64.9 cm³/mol. The number of likely N-dealkylation sites (N-methyl/N-ethyl adjacent to an activating group) is 1. The van der Waals surface area contributed by atoms with E-state index in [0.29, 0.717) is 23.9 Å². The third kappa shape index (κ3) is 3.03. The number of hydrogen-bond donors (Lipinski definition) is 1. The summed E-state index contributed by atoms with van der Waals surface area (Å²) >= 11 is 0. The highest BCUT2D eigenvalue weighted by atomic mass is 19.1. The molecular formula is C14H19F2N. The summed E-state index contributed by atoms with van der Waals surface area (Å²) in [6.07, 6.45) is 4.38. The minimum absolute atomic E-state index is 0.328.